The summed E-state index contributed by atoms with van der Waals surface area (Å²) in [6.45, 7) is 12.3. The van der Waals surface area contributed by atoms with Gasteiger partial charge >= 0.3 is 12.1 Å². The van der Waals surface area contributed by atoms with Crippen LogP contribution in [0.2, 0.25) is 0 Å². The van der Waals surface area contributed by atoms with Crippen molar-refractivity contribution in [2.75, 3.05) is 13.1 Å². The Labute approximate surface area is 165 Å². The summed E-state index contributed by atoms with van der Waals surface area (Å²) in [6.07, 6.45) is 1.33. The molecule has 0 unspecified atom stereocenters. The Kier molecular flexibility index (Phi) is 6.53. The van der Waals surface area contributed by atoms with Crippen molar-refractivity contribution < 1.29 is 19.1 Å². The highest BCUT2D eigenvalue weighted by Crippen LogP contribution is 2.20. The number of carbonyl (C=O) groups is 2. The molecule has 2 heterocycles. The van der Waals surface area contributed by atoms with Crippen molar-refractivity contribution in [3.63, 3.8) is 0 Å². The molecule has 148 valence electrons. The Morgan fingerprint density at radius 3 is 2.26 bits per heavy atom. The topological polar surface area (TPSA) is 68.7 Å². The smallest absolute Gasteiger partial charge is 0.410 e. The second-order valence-corrected chi connectivity index (χ2v) is 9.41. The standard InChI is InChI=1S/C20H28N2O4S/c1-19(2,3)25-17(23)16-21-15(13-27-16)8-7-14-9-11-22(12-10-14)18(24)26-20(4,5)6/h13-14H,9-12H2,1-6H3. The van der Waals surface area contributed by atoms with E-state index >= 15 is 0 Å². The lowest BCUT2D eigenvalue weighted by Crippen LogP contribution is -2.41. The van der Waals surface area contributed by atoms with Gasteiger partial charge in [0.05, 0.1) is 0 Å². The first-order chi connectivity index (χ1) is 12.4. The number of likely N-dealkylation sites (tertiary alicyclic amines) is 1. The molecule has 1 saturated heterocycles. The first kappa shape index (κ1) is 21.2. The van der Waals surface area contributed by atoms with Crippen molar-refractivity contribution in [2.24, 2.45) is 5.92 Å². The normalized spacial score (nSPS) is 15.7. The van der Waals surface area contributed by atoms with Crippen molar-refractivity contribution in [3.05, 3.63) is 16.1 Å². The summed E-state index contributed by atoms with van der Waals surface area (Å²) in [6, 6.07) is 0. The molecule has 1 amide bonds. The molecule has 0 spiro atoms. The molecule has 0 N–H and O–H groups in total. The molecule has 0 radical (unpaired) electrons. The summed E-state index contributed by atoms with van der Waals surface area (Å²) in [5, 5.41) is 2.08. The molecular formula is C20H28N2O4S. The molecule has 0 bridgehead atoms. The van der Waals surface area contributed by atoms with Crippen LogP contribution in [0.5, 0.6) is 0 Å². The van der Waals surface area contributed by atoms with Gasteiger partial charge in [0, 0.05) is 24.4 Å². The van der Waals surface area contributed by atoms with E-state index in [1.165, 1.54) is 11.3 Å². The van der Waals surface area contributed by atoms with Gasteiger partial charge in [-0.3, -0.25) is 0 Å². The van der Waals surface area contributed by atoms with Gasteiger partial charge in [0.25, 0.3) is 0 Å². The van der Waals surface area contributed by atoms with Crippen LogP contribution in [0.15, 0.2) is 5.38 Å². The second-order valence-electron chi connectivity index (χ2n) is 8.55. The predicted octanol–water partition coefficient (Wildman–Crippen LogP) is 4.10. The number of hydrogen-bond donors (Lipinski definition) is 0. The zero-order valence-corrected chi connectivity index (χ0v) is 17.7. The Balaban J connectivity index is 1.87. The lowest BCUT2D eigenvalue weighted by molar-refractivity contribution is 0.00681. The maximum atomic E-state index is 12.1. The second kappa shape index (κ2) is 8.30. The molecule has 0 atom stereocenters. The van der Waals surface area contributed by atoms with Gasteiger partial charge < -0.3 is 14.4 Å². The fourth-order valence-electron chi connectivity index (χ4n) is 2.46. The molecule has 27 heavy (non-hydrogen) atoms. The van der Waals surface area contributed by atoms with Crippen LogP contribution in [0, 0.1) is 17.8 Å². The molecule has 1 aliphatic heterocycles. The molecule has 2 rings (SSSR count). The van der Waals surface area contributed by atoms with Gasteiger partial charge in [0.1, 0.15) is 16.9 Å². The highest BCUT2D eigenvalue weighted by molar-refractivity contribution is 7.11. The van der Waals surface area contributed by atoms with E-state index in [1.807, 2.05) is 41.5 Å². The van der Waals surface area contributed by atoms with Crippen LogP contribution >= 0.6 is 11.3 Å². The third kappa shape index (κ3) is 7.22. The van der Waals surface area contributed by atoms with Crippen LogP contribution in [0.3, 0.4) is 0 Å². The summed E-state index contributed by atoms with van der Waals surface area (Å²) in [5.41, 5.74) is -0.448. The third-order valence-electron chi connectivity index (χ3n) is 3.63. The summed E-state index contributed by atoms with van der Waals surface area (Å²) in [5.74, 6) is 6.03. The molecule has 1 aliphatic rings. The van der Waals surface area contributed by atoms with E-state index in [0.29, 0.717) is 23.8 Å². The summed E-state index contributed by atoms with van der Waals surface area (Å²) < 4.78 is 10.7. The molecule has 6 nitrogen and oxygen atoms in total. The van der Waals surface area contributed by atoms with Gasteiger partial charge in [-0.1, -0.05) is 5.92 Å². The van der Waals surface area contributed by atoms with E-state index in [9.17, 15) is 9.59 Å². The Morgan fingerprint density at radius 1 is 1.11 bits per heavy atom. The molecule has 1 fully saturated rings. The molecule has 0 saturated carbocycles. The number of aromatic nitrogens is 1. The van der Waals surface area contributed by atoms with Crippen LogP contribution in [0.4, 0.5) is 4.79 Å². The fraction of sp³-hybridized carbons (Fsp3) is 0.650. The number of ether oxygens (including phenoxy) is 2. The molecule has 0 aliphatic carbocycles. The summed E-state index contributed by atoms with van der Waals surface area (Å²) in [4.78, 5) is 30.1. The highest BCUT2D eigenvalue weighted by Gasteiger charge is 2.26. The van der Waals surface area contributed by atoms with Crippen LogP contribution in [0.25, 0.3) is 0 Å². The number of rotatable bonds is 1. The number of nitrogens with zero attached hydrogens (tertiary/aromatic N) is 2. The minimum atomic E-state index is -0.545. The van der Waals surface area contributed by atoms with Crippen molar-refractivity contribution in [3.8, 4) is 11.8 Å². The Bertz CT molecular complexity index is 739. The highest BCUT2D eigenvalue weighted by atomic mass is 32.1. The van der Waals surface area contributed by atoms with Crippen LogP contribution in [-0.4, -0.2) is 46.2 Å². The number of thiazole rings is 1. The maximum Gasteiger partial charge on any atom is 0.410 e. The van der Waals surface area contributed by atoms with Crippen molar-refractivity contribution in [2.45, 2.75) is 65.6 Å². The molecule has 1 aromatic rings. The van der Waals surface area contributed by atoms with Crippen molar-refractivity contribution >= 4 is 23.4 Å². The van der Waals surface area contributed by atoms with Gasteiger partial charge in [-0.25, -0.2) is 14.6 Å². The lowest BCUT2D eigenvalue weighted by Gasteiger charge is -2.31. The van der Waals surface area contributed by atoms with E-state index in [2.05, 4.69) is 16.8 Å². The van der Waals surface area contributed by atoms with Crippen molar-refractivity contribution in [1.82, 2.24) is 9.88 Å². The van der Waals surface area contributed by atoms with E-state index in [1.54, 1.807) is 10.3 Å². The first-order valence-corrected chi connectivity index (χ1v) is 9.99. The number of amides is 1. The average molecular weight is 393 g/mol. The van der Waals surface area contributed by atoms with Gasteiger partial charge in [-0.15, -0.1) is 11.3 Å². The minimum Gasteiger partial charge on any atom is -0.455 e. The third-order valence-corrected chi connectivity index (χ3v) is 4.45. The molecule has 1 aromatic heterocycles. The number of hydrogen-bond acceptors (Lipinski definition) is 6. The van der Waals surface area contributed by atoms with E-state index in [0.717, 1.165) is 12.8 Å². The van der Waals surface area contributed by atoms with Gasteiger partial charge in [-0.2, -0.15) is 0 Å². The zero-order chi connectivity index (χ0) is 20.2. The van der Waals surface area contributed by atoms with Crippen LogP contribution in [0.1, 0.15) is 69.9 Å². The minimum absolute atomic E-state index is 0.204. The number of carbonyl (C=O) groups excluding carboxylic acids is 2. The van der Waals surface area contributed by atoms with Gasteiger partial charge in [0.15, 0.2) is 0 Å². The average Bonchev–Trinajstić information content (AvgIpc) is 2.99. The number of esters is 1. The molecular weight excluding hydrogens is 364 g/mol. The van der Waals surface area contributed by atoms with Crippen LogP contribution in [-0.2, 0) is 9.47 Å². The lowest BCUT2D eigenvalue weighted by atomic mass is 9.97. The van der Waals surface area contributed by atoms with E-state index < -0.39 is 17.2 Å². The molecule has 7 heteroatoms. The van der Waals surface area contributed by atoms with Gasteiger partial charge in [-0.05, 0) is 60.3 Å². The zero-order valence-electron chi connectivity index (χ0n) is 16.9. The Hall–Kier alpha value is -2.07. The summed E-state index contributed by atoms with van der Waals surface area (Å²) in [7, 11) is 0. The van der Waals surface area contributed by atoms with Gasteiger partial charge in [0.2, 0.25) is 5.01 Å². The predicted molar refractivity (Wildman–Crippen MR) is 105 cm³/mol. The van der Waals surface area contributed by atoms with Crippen molar-refractivity contribution in [1.29, 1.82) is 0 Å². The Morgan fingerprint density at radius 2 is 1.70 bits per heavy atom. The fourth-order valence-corrected chi connectivity index (χ4v) is 3.08. The SMILES string of the molecule is CC(C)(C)OC(=O)c1nc(C#CC2CCN(C(=O)OC(C)(C)C)CC2)cs1. The first-order valence-electron chi connectivity index (χ1n) is 9.11. The van der Waals surface area contributed by atoms with Crippen LogP contribution < -0.4 is 0 Å². The maximum absolute atomic E-state index is 12.1. The molecule has 0 aromatic carbocycles. The van der Waals surface area contributed by atoms with E-state index in [-0.39, 0.29) is 12.0 Å². The quantitative estimate of drug-likeness (QED) is 0.532. The monoisotopic (exact) mass is 392 g/mol. The number of piperidine rings is 1. The largest absolute Gasteiger partial charge is 0.455 e. The summed E-state index contributed by atoms with van der Waals surface area (Å²) >= 11 is 1.24. The van der Waals surface area contributed by atoms with E-state index in [4.69, 9.17) is 9.47 Å².